The first kappa shape index (κ1) is 13.0. The quantitative estimate of drug-likeness (QED) is 0.818. The molecule has 6 nitrogen and oxygen atoms in total. The molecule has 1 fully saturated rings. The maximum Gasteiger partial charge on any atom is 0.419 e. The lowest BCUT2D eigenvalue weighted by atomic mass is 10.2. The van der Waals surface area contributed by atoms with Crippen LogP contribution in [0.4, 0.5) is 4.79 Å². The molecule has 0 aliphatic carbocycles. The predicted octanol–water partition coefficient (Wildman–Crippen LogP) is 1.33. The van der Waals surface area contributed by atoms with Crippen LogP contribution in [0.1, 0.15) is 32.5 Å². The van der Waals surface area contributed by atoms with Crippen LogP contribution in [0, 0.1) is 0 Å². The van der Waals surface area contributed by atoms with Crippen molar-refractivity contribution in [3.05, 3.63) is 18.2 Å². The van der Waals surface area contributed by atoms with Crippen molar-refractivity contribution in [1.82, 2.24) is 14.9 Å². The van der Waals surface area contributed by atoms with Crippen LogP contribution in [0.25, 0.3) is 0 Å². The van der Waals surface area contributed by atoms with Gasteiger partial charge in [0.05, 0.1) is 24.9 Å². The van der Waals surface area contributed by atoms with E-state index < -0.39 is 11.7 Å². The number of hydrogen-bond acceptors (Lipinski definition) is 5. The van der Waals surface area contributed by atoms with Crippen molar-refractivity contribution in [3.63, 3.8) is 0 Å². The fourth-order valence-corrected chi connectivity index (χ4v) is 1.69. The highest BCUT2D eigenvalue weighted by Gasteiger charge is 2.21. The Kier molecular flexibility index (Phi) is 3.68. The second-order valence-electron chi connectivity index (χ2n) is 5.27. The van der Waals surface area contributed by atoms with Crippen LogP contribution in [-0.2, 0) is 9.47 Å². The van der Waals surface area contributed by atoms with E-state index in [9.17, 15) is 4.79 Å². The Morgan fingerprint density at radius 3 is 3.00 bits per heavy atom. The molecule has 0 aromatic carbocycles. The third-order valence-corrected chi connectivity index (χ3v) is 2.49. The third-order valence-electron chi connectivity index (χ3n) is 2.49. The molecule has 0 amide bonds. The average molecular weight is 253 g/mol. The lowest BCUT2D eigenvalue weighted by Gasteiger charge is -2.22. The molecule has 0 bridgehead atoms. The molecule has 18 heavy (non-hydrogen) atoms. The molecule has 1 aromatic rings. The first-order chi connectivity index (χ1) is 8.46. The number of rotatable bonds is 1. The summed E-state index contributed by atoms with van der Waals surface area (Å²) < 4.78 is 12.0. The molecule has 1 N–H and O–H groups in total. The van der Waals surface area contributed by atoms with E-state index in [1.807, 2.05) is 20.8 Å². The number of hydrogen-bond donors (Lipinski definition) is 1. The van der Waals surface area contributed by atoms with Crippen molar-refractivity contribution in [3.8, 4) is 0 Å². The molecule has 1 unspecified atom stereocenters. The Balaban J connectivity index is 2.03. The van der Waals surface area contributed by atoms with Crippen molar-refractivity contribution in [2.24, 2.45) is 0 Å². The molecule has 0 saturated carbocycles. The summed E-state index contributed by atoms with van der Waals surface area (Å²) in [7, 11) is 0. The summed E-state index contributed by atoms with van der Waals surface area (Å²) in [6.45, 7) is 7.58. The third kappa shape index (κ3) is 3.30. The predicted molar refractivity (Wildman–Crippen MR) is 65.4 cm³/mol. The normalized spacial score (nSPS) is 20.7. The van der Waals surface area contributed by atoms with Gasteiger partial charge in [-0.1, -0.05) is 0 Å². The van der Waals surface area contributed by atoms with Gasteiger partial charge in [-0.25, -0.2) is 14.3 Å². The fraction of sp³-hybridized carbons (Fsp3) is 0.667. The number of aromatic nitrogens is 2. The van der Waals surface area contributed by atoms with E-state index in [-0.39, 0.29) is 6.04 Å². The summed E-state index contributed by atoms with van der Waals surface area (Å²) in [6.07, 6.45) is 2.73. The molecule has 2 heterocycles. The van der Waals surface area contributed by atoms with Crippen molar-refractivity contribution in [1.29, 1.82) is 0 Å². The maximum atomic E-state index is 11.8. The van der Waals surface area contributed by atoms with Gasteiger partial charge in [0, 0.05) is 12.7 Å². The molecule has 2 rings (SSSR count). The van der Waals surface area contributed by atoms with Gasteiger partial charge < -0.3 is 14.8 Å². The minimum atomic E-state index is -0.506. The molecular weight excluding hydrogens is 234 g/mol. The molecule has 1 saturated heterocycles. The highest BCUT2D eigenvalue weighted by Crippen LogP contribution is 2.14. The van der Waals surface area contributed by atoms with Gasteiger partial charge in [0.2, 0.25) is 0 Å². The monoisotopic (exact) mass is 253 g/mol. The molecule has 0 radical (unpaired) electrons. The van der Waals surface area contributed by atoms with E-state index >= 15 is 0 Å². The van der Waals surface area contributed by atoms with Gasteiger partial charge in [0.25, 0.3) is 0 Å². The minimum absolute atomic E-state index is 0.0439. The van der Waals surface area contributed by atoms with Gasteiger partial charge in [0.15, 0.2) is 0 Å². The second kappa shape index (κ2) is 5.07. The average Bonchev–Trinajstić information content (AvgIpc) is 2.77. The van der Waals surface area contributed by atoms with Crippen molar-refractivity contribution in [2.45, 2.75) is 32.4 Å². The van der Waals surface area contributed by atoms with Gasteiger partial charge >= 0.3 is 6.09 Å². The van der Waals surface area contributed by atoms with Gasteiger partial charge in [-0.3, -0.25) is 0 Å². The van der Waals surface area contributed by atoms with Crippen molar-refractivity contribution >= 4 is 6.09 Å². The largest absolute Gasteiger partial charge is 0.443 e. The van der Waals surface area contributed by atoms with Crippen LogP contribution >= 0.6 is 0 Å². The first-order valence-corrected chi connectivity index (χ1v) is 6.04. The number of ether oxygens (including phenoxy) is 2. The SMILES string of the molecule is CC(C)(C)OC(=O)n1cnc(C2COCCN2)c1. The number of carbonyl (C=O) groups excluding carboxylic acids is 1. The standard InChI is InChI=1S/C12H19N3O3/c1-12(2,3)18-11(16)15-6-9(14-8-15)10-7-17-5-4-13-10/h6,8,10,13H,4-5,7H2,1-3H3. The smallest absolute Gasteiger partial charge is 0.419 e. The van der Waals surface area contributed by atoms with E-state index in [0.29, 0.717) is 13.2 Å². The molecular formula is C12H19N3O3. The number of nitrogens with zero attached hydrogens (tertiary/aromatic N) is 2. The Morgan fingerprint density at radius 2 is 2.39 bits per heavy atom. The zero-order chi connectivity index (χ0) is 13.2. The first-order valence-electron chi connectivity index (χ1n) is 6.04. The summed E-state index contributed by atoms with van der Waals surface area (Å²) in [5, 5.41) is 3.28. The summed E-state index contributed by atoms with van der Waals surface area (Å²) in [4.78, 5) is 16.0. The van der Waals surface area contributed by atoms with E-state index in [2.05, 4.69) is 10.3 Å². The van der Waals surface area contributed by atoms with E-state index in [1.54, 1.807) is 6.20 Å². The molecule has 100 valence electrons. The van der Waals surface area contributed by atoms with Crippen LogP contribution in [0.3, 0.4) is 0 Å². The number of imidazole rings is 1. The van der Waals surface area contributed by atoms with E-state index in [1.165, 1.54) is 10.9 Å². The van der Waals surface area contributed by atoms with Crippen LogP contribution in [0.5, 0.6) is 0 Å². The number of morpholine rings is 1. The Labute approximate surface area is 106 Å². The Bertz CT molecular complexity index is 416. The van der Waals surface area contributed by atoms with E-state index in [0.717, 1.165) is 12.2 Å². The zero-order valence-electron chi connectivity index (χ0n) is 11.0. The maximum absolute atomic E-state index is 11.8. The van der Waals surface area contributed by atoms with Crippen LogP contribution in [0.2, 0.25) is 0 Å². The van der Waals surface area contributed by atoms with Crippen molar-refractivity contribution < 1.29 is 14.3 Å². The molecule has 1 aliphatic heterocycles. The number of carbonyl (C=O) groups is 1. The topological polar surface area (TPSA) is 65.4 Å². The van der Waals surface area contributed by atoms with E-state index in [4.69, 9.17) is 9.47 Å². The van der Waals surface area contributed by atoms with Crippen LogP contribution in [0.15, 0.2) is 12.5 Å². The highest BCUT2D eigenvalue weighted by molar-refractivity contribution is 5.70. The van der Waals surface area contributed by atoms with Crippen LogP contribution in [-0.4, -0.2) is 41.0 Å². The highest BCUT2D eigenvalue weighted by atomic mass is 16.6. The molecule has 1 aromatic heterocycles. The fourth-order valence-electron chi connectivity index (χ4n) is 1.69. The summed E-state index contributed by atoms with van der Waals surface area (Å²) in [5.74, 6) is 0. The Hall–Kier alpha value is -1.40. The van der Waals surface area contributed by atoms with Gasteiger partial charge in [-0.05, 0) is 20.8 Å². The van der Waals surface area contributed by atoms with Gasteiger partial charge in [0.1, 0.15) is 11.9 Å². The minimum Gasteiger partial charge on any atom is -0.443 e. The molecule has 1 aliphatic rings. The second-order valence-corrected chi connectivity index (χ2v) is 5.27. The van der Waals surface area contributed by atoms with Gasteiger partial charge in [-0.15, -0.1) is 0 Å². The molecule has 6 heteroatoms. The lowest BCUT2D eigenvalue weighted by Crippen LogP contribution is -2.34. The van der Waals surface area contributed by atoms with Crippen LogP contribution < -0.4 is 5.32 Å². The van der Waals surface area contributed by atoms with Crippen molar-refractivity contribution in [2.75, 3.05) is 19.8 Å². The molecule has 0 spiro atoms. The van der Waals surface area contributed by atoms with Gasteiger partial charge in [-0.2, -0.15) is 0 Å². The summed E-state index contributed by atoms with van der Waals surface area (Å²) >= 11 is 0. The Morgan fingerprint density at radius 1 is 1.61 bits per heavy atom. The summed E-state index contributed by atoms with van der Waals surface area (Å²) in [6, 6.07) is 0.0439. The zero-order valence-corrected chi connectivity index (χ0v) is 11.0. The lowest BCUT2D eigenvalue weighted by molar-refractivity contribution is 0.0535. The molecule has 1 atom stereocenters. The number of nitrogens with one attached hydrogen (secondary N) is 1. The summed E-state index contributed by atoms with van der Waals surface area (Å²) in [5.41, 5.74) is 0.286.